The number of carbonyl (C=O) groups excluding carboxylic acids is 1. The van der Waals surface area contributed by atoms with Crippen molar-refractivity contribution >= 4 is 22.5 Å². The lowest BCUT2D eigenvalue weighted by molar-refractivity contribution is -0.0763. The monoisotopic (exact) mass is 273 g/mol. The summed E-state index contributed by atoms with van der Waals surface area (Å²) in [6, 6.07) is 5.55. The Morgan fingerprint density at radius 2 is 2.25 bits per heavy atom. The second-order valence-corrected chi connectivity index (χ2v) is 5.84. The van der Waals surface area contributed by atoms with Crippen molar-refractivity contribution in [3.63, 3.8) is 0 Å². The molecule has 0 saturated carbocycles. The van der Waals surface area contributed by atoms with Gasteiger partial charge >= 0.3 is 0 Å². The Balaban J connectivity index is 1.92. The number of ether oxygens (including phenoxy) is 1. The highest BCUT2D eigenvalue weighted by Gasteiger charge is 2.31. The molecule has 5 heteroatoms. The molecule has 1 fully saturated rings. The summed E-state index contributed by atoms with van der Waals surface area (Å²) in [5.41, 5.74) is 7.74. The van der Waals surface area contributed by atoms with Crippen LogP contribution in [0.3, 0.4) is 0 Å². The van der Waals surface area contributed by atoms with Gasteiger partial charge in [-0.25, -0.2) is 0 Å². The molecule has 1 aromatic heterocycles. The van der Waals surface area contributed by atoms with E-state index in [0.29, 0.717) is 30.9 Å². The van der Waals surface area contributed by atoms with Crippen molar-refractivity contribution in [1.82, 2.24) is 9.88 Å². The predicted molar refractivity (Wildman–Crippen MR) is 78.6 cm³/mol. The van der Waals surface area contributed by atoms with Crippen molar-refractivity contribution in [2.45, 2.75) is 19.4 Å². The molecule has 1 aromatic carbocycles. The molecule has 0 aliphatic carbocycles. The van der Waals surface area contributed by atoms with Crippen LogP contribution in [0.5, 0.6) is 0 Å². The predicted octanol–water partition coefficient (Wildman–Crippen LogP) is 2.00. The van der Waals surface area contributed by atoms with Crippen molar-refractivity contribution < 1.29 is 9.53 Å². The molecular formula is C15H19N3O2. The van der Waals surface area contributed by atoms with E-state index >= 15 is 0 Å². The van der Waals surface area contributed by atoms with Crippen LogP contribution in [0, 0.1) is 0 Å². The number of fused-ring (bicyclic) bond motifs is 1. The Kier molecular flexibility index (Phi) is 2.94. The second-order valence-electron chi connectivity index (χ2n) is 5.84. The quantitative estimate of drug-likeness (QED) is 0.781. The lowest BCUT2D eigenvalue weighted by Gasteiger charge is -2.38. The van der Waals surface area contributed by atoms with Gasteiger partial charge in [0.25, 0.3) is 5.91 Å². The van der Waals surface area contributed by atoms with E-state index in [0.717, 1.165) is 10.9 Å². The molecule has 1 amide bonds. The van der Waals surface area contributed by atoms with E-state index in [1.807, 2.05) is 36.9 Å². The van der Waals surface area contributed by atoms with Crippen molar-refractivity contribution in [2.75, 3.05) is 25.4 Å². The summed E-state index contributed by atoms with van der Waals surface area (Å²) in [7, 11) is 0. The number of aromatic amines is 1. The van der Waals surface area contributed by atoms with Crippen molar-refractivity contribution in [3.8, 4) is 0 Å². The van der Waals surface area contributed by atoms with Gasteiger partial charge in [0.1, 0.15) is 0 Å². The molecule has 1 saturated heterocycles. The van der Waals surface area contributed by atoms with Crippen LogP contribution in [-0.4, -0.2) is 41.1 Å². The van der Waals surface area contributed by atoms with Crippen LogP contribution in [0.1, 0.15) is 24.2 Å². The number of benzene rings is 1. The molecule has 1 aliphatic rings. The number of nitrogens with zero attached hydrogens (tertiary/aromatic N) is 1. The van der Waals surface area contributed by atoms with Crippen molar-refractivity contribution in [1.29, 1.82) is 0 Å². The summed E-state index contributed by atoms with van der Waals surface area (Å²) < 4.78 is 5.65. The second kappa shape index (κ2) is 4.52. The Morgan fingerprint density at radius 3 is 3.00 bits per heavy atom. The van der Waals surface area contributed by atoms with E-state index in [-0.39, 0.29) is 11.5 Å². The molecule has 0 atom stereocenters. The zero-order valence-electron chi connectivity index (χ0n) is 11.8. The zero-order valence-corrected chi connectivity index (χ0v) is 11.8. The number of nitrogens with one attached hydrogen (secondary N) is 1. The van der Waals surface area contributed by atoms with E-state index < -0.39 is 0 Å². The van der Waals surface area contributed by atoms with Crippen LogP contribution in [0.15, 0.2) is 24.4 Å². The fraction of sp³-hybridized carbons (Fsp3) is 0.400. The highest BCUT2D eigenvalue weighted by molar-refractivity contribution is 6.07. The third-order valence-corrected chi connectivity index (χ3v) is 3.65. The molecule has 1 aliphatic heterocycles. The Morgan fingerprint density at radius 1 is 1.45 bits per heavy atom. The maximum atomic E-state index is 12.7. The van der Waals surface area contributed by atoms with Crippen LogP contribution in [0.2, 0.25) is 0 Å². The number of morpholine rings is 1. The number of hydrogen-bond acceptors (Lipinski definition) is 3. The smallest absolute Gasteiger partial charge is 0.256 e. The van der Waals surface area contributed by atoms with Gasteiger partial charge in [0, 0.05) is 35.9 Å². The number of nitrogen functional groups attached to an aromatic ring is 1. The molecule has 106 valence electrons. The van der Waals surface area contributed by atoms with Crippen LogP contribution in [-0.2, 0) is 4.74 Å². The van der Waals surface area contributed by atoms with E-state index in [1.165, 1.54) is 0 Å². The highest BCUT2D eigenvalue weighted by Crippen LogP contribution is 2.24. The van der Waals surface area contributed by atoms with E-state index in [9.17, 15) is 4.79 Å². The molecule has 3 rings (SSSR count). The molecule has 2 heterocycles. The average molecular weight is 273 g/mol. The van der Waals surface area contributed by atoms with Crippen molar-refractivity contribution in [2.24, 2.45) is 0 Å². The number of nitrogens with two attached hydrogens (primary N) is 1. The number of carbonyl (C=O) groups is 1. The molecule has 0 unspecified atom stereocenters. The molecule has 5 nitrogen and oxygen atoms in total. The van der Waals surface area contributed by atoms with Gasteiger partial charge in [0.05, 0.1) is 17.8 Å². The number of rotatable bonds is 1. The van der Waals surface area contributed by atoms with Gasteiger partial charge < -0.3 is 20.4 Å². The summed E-state index contributed by atoms with van der Waals surface area (Å²) >= 11 is 0. The van der Waals surface area contributed by atoms with E-state index in [2.05, 4.69) is 4.98 Å². The largest absolute Gasteiger partial charge is 0.399 e. The van der Waals surface area contributed by atoms with Gasteiger partial charge in [-0.15, -0.1) is 0 Å². The molecule has 3 N–H and O–H groups in total. The van der Waals surface area contributed by atoms with Gasteiger partial charge in [0.15, 0.2) is 0 Å². The third kappa shape index (κ3) is 2.25. The average Bonchev–Trinajstić information content (AvgIpc) is 2.79. The van der Waals surface area contributed by atoms with Crippen LogP contribution >= 0.6 is 0 Å². The summed E-state index contributed by atoms with van der Waals surface area (Å²) in [5.74, 6) is 0.0393. The van der Waals surface area contributed by atoms with Crippen molar-refractivity contribution in [3.05, 3.63) is 30.0 Å². The van der Waals surface area contributed by atoms with Gasteiger partial charge in [-0.05, 0) is 32.0 Å². The Bertz CT molecular complexity index is 660. The molecule has 20 heavy (non-hydrogen) atoms. The first-order chi connectivity index (χ1) is 9.46. The van der Waals surface area contributed by atoms with Gasteiger partial charge in [-0.1, -0.05) is 0 Å². The van der Waals surface area contributed by atoms with E-state index in [4.69, 9.17) is 10.5 Å². The van der Waals surface area contributed by atoms with Gasteiger partial charge in [-0.2, -0.15) is 0 Å². The summed E-state index contributed by atoms with van der Waals surface area (Å²) in [4.78, 5) is 17.6. The Labute approximate surface area is 117 Å². The molecular weight excluding hydrogens is 254 g/mol. The number of aromatic nitrogens is 1. The number of amides is 1. The van der Waals surface area contributed by atoms with Crippen LogP contribution in [0.25, 0.3) is 10.9 Å². The topological polar surface area (TPSA) is 71.4 Å². The minimum absolute atomic E-state index is 0.0393. The molecule has 0 spiro atoms. The van der Waals surface area contributed by atoms with Crippen LogP contribution < -0.4 is 5.73 Å². The number of H-pyrrole nitrogens is 1. The number of hydrogen-bond donors (Lipinski definition) is 2. The molecule has 0 radical (unpaired) electrons. The molecule has 0 bridgehead atoms. The first kappa shape index (κ1) is 13.0. The lowest BCUT2D eigenvalue weighted by Crippen LogP contribution is -2.50. The summed E-state index contributed by atoms with van der Waals surface area (Å²) in [5, 5.41) is 0.911. The first-order valence-corrected chi connectivity index (χ1v) is 6.76. The third-order valence-electron chi connectivity index (χ3n) is 3.65. The standard InChI is InChI=1S/C15H19N3O2/c1-15(2)9-18(5-6-20-15)14(19)12-8-17-13-7-10(16)3-4-11(12)13/h3-4,7-8,17H,5-6,9,16H2,1-2H3. The summed E-state index contributed by atoms with van der Waals surface area (Å²) in [6.07, 6.45) is 1.76. The first-order valence-electron chi connectivity index (χ1n) is 6.76. The van der Waals surface area contributed by atoms with E-state index in [1.54, 1.807) is 6.20 Å². The summed E-state index contributed by atoms with van der Waals surface area (Å²) in [6.45, 7) is 5.82. The zero-order chi connectivity index (χ0) is 14.3. The molecule has 2 aromatic rings. The maximum absolute atomic E-state index is 12.7. The fourth-order valence-corrected chi connectivity index (χ4v) is 2.68. The maximum Gasteiger partial charge on any atom is 0.256 e. The normalized spacial score (nSPS) is 18.4. The number of anilines is 1. The minimum atomic E-state index is -0.287. The minimum Gasteiger partial charge on any atom is -0.399 e. The highest BCUT2D eigenvalue weighted by atomic mass is 16.5. The fourth-order valence-electron chi connectivity index (χ4n) is 2.68. The van der Waals surface area contributed by atoms with Gasteiger partial charge in [0.2, 0.25) is 0 Å². The van der Waals surface area contributed by atoms with Gasteiger partial charge in [-0.3, -0.25) is 4.79 Å². The van der Waals surface area contributed by atoms with Crippen LogP contribution in [0.4, 0.5) is 5.69 Å². The SMILES string of the molecule is CC1(C)CN(C(=O)c2c[nH]c3cc(N)ccc23)CCO1. The lowest BCUT2D eigenvalue weighted by atomic mass is 10.1. The Hall–Kier alpha value is -2.01.